The molecule has 0 radical (unpaired) electrons. The van der Waals surface area contributed by atoms with Gasteiger partial charge in [-0.2, -0.15) is 4.98 Å². The smallest absolute Gasteiger partial charge is 0.336 e. The van der Waals surface area contributed by atoms with Crippen molar-refractivity contribution < 1.29 is 9.21 Å². The van der Waals surface area contributed by atoms with E-state index in [0.29, 0.717) is 33.5 Å². The number of benzene rings is 2. The summed E-state index contributed by atoms with van der Waals surface area (Å²) >= 11 is 1.44. The maximum atomic E-state index is 13.1. The highest BCUT2D eigenvalue weighted by Crippen LogP contribution is 2.25. The van der Waals surface area contributed by atoms with E-state index in [4.69, 9.17) is 4.42 Å². The van der Waals surface area contributed by atoms with Crippen molar-refractivity contribution in [2.24, 2.45) is 0 Å². The number of hydrogen-bond donors (Lipinski definition) is 1. The Morgan fingerprint density at radius 1 is 1.06 bits per heavy atom. The molecule has 1 amide bonds. The minimum Gasteiger partial charge on any atom is -0.423 e. The Hall–Kier alpha value is -3.98. The van der Waals surface area contributed by atoms with Gasteiger partial charge in [-0.25, -0.2) is 14.3 Å². The van der Waals surface area contributed by atoms with E-state index in [1.807, 2.05) is 51.1 Å². The van der Waals surface area contributed by atoms with Crippen molar-refractivity contribution in [1.82, 2.24) is 19.6 Å². The van der Waals surface area contributed by atoms with E-state index in [1.165, 1.54) is 17.8 Å². The number of hydrogen-bond acceptors (Lipinski definition) is 7. The topological polar surface area (TPSA) is 102 Å². The van der Waals surface area contributed by atoms with E-state index in [9.17, 15) is 9.59 Å². The van der Waals surface area contributed by atoms with E-state index in [2.05, 4.69) is 20.4 Å². The van der Waals surface area contributed by atoms with Crippen molar-refractivity contribution >= 4 is 40.1 Å². The Morgan fingerprint density at radius 3 is 2.74 bits per heavy atom. The predicted octanol–water partition coefficient (Wildman–Crippen LogP) is 4.70. The Balaban J connectivity index is 1.36. The zero-order valence-electron chi connectivity index (χ0n) is 18.8. The number of nitrogens with zero attached hydrogens (tertiary/aromatic N) is 4. The molecule has 170 valence electrons. The van der Waals surface area contributed by atoms with Gasteiger partial charge in [0.25, 0.3) is 11.7 Å². The highest BCUT2D eigenvalue weighted by molar-refractivity contribution is 7.98. The number of aryl methyl sites for hydroxylation is 3. The molecule has 5 rings (SSSR count). The molecule has 9 heteroatoms. The van der Waals surface area contributed by atoms with Gasteiger partial charge < -0.3 is 9.73 Å². The van der Waals surface area contributed by atoms with Gasteiger partial charge in [0.1, 0.15) is 5.58 Å². The molecular formula is C25H21N5O3S. The first-order chi connectivity index (χ1) is 16.4. The van der Waals surface area contributed by atoms with Crippen LogP contribution in [0.2, 0.25) is 0 Å². The van der Waals surface area contributed by atoms with Crippen LogP contribution in [-0.2, 0) is 5.75 Å². The van der Waals surface area contributed by atoms with Crippen LogP contribution >= 0.6 is 11.8 Å². The van der Waals surface area contributed by atoms with Crippen LogP contribution in [0.1, 0.15) is 32.9 Å². The lowest BCUT2D eigenvalue weighted by molar-refractivity contribution is 0.102. The number of carbonyl (C=O) groups excluding carboxylic acids is 1. The molecule has 2 aromatic carbocycles. The summed E-state index contributed by atoms with van der Waals surface area (Å²) in [6, 6.07) is 16.1. The lowest BCUT2D eigenvalue weighted by Crippen LogP contribution is -2.14. The van der Waals surface area contributed by atoms with Crippen molar-refractivity contribution in [3.8, 4) is 0 Å². The molecule has 3 aromatic heterocycles. The molecule has 1 N–H and O–H groups in total. The predicted molar refractivity (Wildman–Crippen MR) is 131 cm³/mol. The van der Waals surface area contributed by atoms with Gasteiger partial charge in [-0.05, 0) is 56.2 Å². The molecule has 0 spiro atoms. The third kappa shape index (κ3) is 4.29. The molecule has 0 aliphatic carbocycles. The highest BCUT2D eigenvalue weighted by Gasteiger charge is 2.14. The lowest BCUT2D eigenvalue weighted by Gasteiger charge is -2.10. The molecule has 0 saturated carbocycles. The number of carbonyl (C=O) groups is 1. The summed E-state index contributed by atoms with van der Waals surface area (Å²) in [5.74, 6) is 0.829. The van der Waals surface area contributed by atoms with Gasteiger partial charge in [0, 0.05) is 45.9 Å². The number of thioether (sulfide) groups is 1. The largest absolute Gasteiger partial charge is 0.423 e. The summed E-state index contributed by atoms with van der Waals surface area (Å²) in [4.78, 5) is 33.7. The molecule has 0 unspecified atom stereocenters. The fourth-order valence-electron chi connectivity index (χ4n) is 3.82. The Labute approximate surface area is 199 Å². The SMILES string of the molecule is Cc1cc(C)n2nc(SCc3ccccc3C(=O)Nc3ccc4c(C)cc(=O)oc4c3)nc2n1. The maximum absolute atomic E-state index is 13.1. The van der Waals surface area contributed by atoms with Gasteiger partial charge in [-0.3, -0.25) is 4.79 Å². The van der Waals surface area contributed by atoms with Crippen molar-refractivity contribution in [3.05, 3.63) is 93.1 Å². The number of anilines is 1. The molecule has 34 heavy (non-hydrogen) atoms. The summed E-state index contributed by atoms with van der Waals surface area (Å²) in [6.45, 7) is 5.74. The van der Waals surface area contributed by atoms with Crippen LogP contribution in [0.4, 0.5) is 5.69 Å². The molecule has 0 aliphatic heterocycles. The summed E-state index contributed by atoms with van der Waals surface area (Å²) in [7, 11) is 0. The molecule has 0 bridgehead atoms. The first-order valence-corrected chi connectivity index (χ1v) is 11.6. The molecule has 8 nitrogen and oxygen atoms in total. The van der Waals surface area contributed by atoms with Crippen LogP contribution in [0.15, 0.2) is 69.0 Å². The fourth-order valence-corrected chi connectivity index (χ4v) is 4.64. The normalized spacial score (nSPS) is 11.3. The number of rotatable bonds is 5. The van der Waals surface area contributed by atoms with Gasteiger partial charge >= 0.3 is 5.63 Å². The van der Waals surface area contributed by atoms with E-state index >= 15 is 0 Å². The number of amides is 1. The Bertz CT molecular complexity index is 1620. The van der Waals surface area contributed by atoms with Crippen LogP contribution in [0.3, 0.4) is 0 Å². The van der Waals surface area contributed by atoms with Gasteiger partial charge in [-0.15, -0.1) is 5.10 Å². The minimum atomic E-state index is -0.419. The average Bonchev–Trinajstić information content (AvgIpc) is 3.20. The molecule has 5 aromatic rings. The highest BCUT2D eigenvalue weighted by atomic mass is 32.2. The fraction of sp³-hybridized carbons (Fsp3) is 0.160. The van der Waals surface area contributed by atoms with Gasteiger partial charge in [0.05, 0.1) is 0 Å². The molecule has 3 heterocycles. The monoisotopic (exact) mass is 471 g/mol. The summed E-state index contributed by atoms with van der Waals surface area (Å²) < 4.78 is 7.01. The second-order valence-electron chi connectivity index (χ2n) is 8.00. The van der Waals surface area contributed by atoms with Gasteiger partial charge in [0.15, 0.2) is 0 Å². The first-order valence-electron chi connectivity index (χ1n) is 10.6. The summed E-state index contributed by atoms with van der Waals surface area (Å²) in [5.41, 5.74) is 4.64. The van der Waals surface area contributed by atoms with Gasteiger partial charge in [-0.1, -0.05) is 30.0 Å². The van der Waals surface area contributed by atoms with Crippen molar-refractivity contribution in [3.63, 3.8) is 0 Å². The van der Waals surface area contributed by atoms with Crippen LogP contribution in [0, 0.1) is 20.8 Å². The standard InChI is InChI=1S/C25H21N5O3S/c1-14-10-22(31)33-21-12-18(8-9-19(14)21)27-23(32)20-7-5-4-6-17(20)13-34-25-28-24-26-15(2)11-16(3)30(24)29-25/h4-12H,13H2,1-3H3,(H,27,32). The van der Waals surface area contributed by atoms with Crippen LogP contribution < -0.4 is 10.9 Å². The van der Waals surface area contributed by atoms with Gasteiger partial charge in [0.2, 0.25) is 5.16 Å². The lowest BCUT2D eigenvalue weighted by atomic mass is 10.1. The van der Waals surface area contributed by atoms with E-state index in [-0.39, 0.29) is 5.91 Å². The summed E-state index contributed by atoms with van der Waals surface area (Å²) in [6.07, 6.45) is 0. The van der Waals surface area contributed by atoms with Crippen molar-refractivity contribution in [2.75, 3.05) is 5.32 Å². The van der Waals surface area contributed by atoms with Crippen molar-refractivity contribution in [1.29, 1.82) is 0 Å². The number of fused-ring (bicyclic) bond motifs is 2. The quantitative estimate of drug-likeness (QED) is 0.293. The van der Waals surface area contributed by atoms with E-state index in [1.54, 1.807) is 22.7 Å². The maximum Gasteiger partial charge on any atom is 0.336 e. The zero-order valence-corrected chi connectivity index (χ0v) is 19.6. The Kier molecular flexibility index (Phi) is 5.62. The van der Waals surface area contributed by atoms with Crippen molar-refractivity contribution in [2.45, 2.75) is 31.7 Å². The molecule has 0 saturated heterocycles. The van der Waals surface area contributed by atoms with E-state index in [0.717, 1.165) is 27.9 Å². The third-order valence-corrected chi connectivity index (χ3v) is 6.31. The average molecular weight is 472 g/mol. The second-order valence-corrected chi connectivity index (χ2v) is 8.95. The Morgan fingerprint density at radius 2 is 1.88 bits per heavy atom. The van der Waals surface area contributed by atoms with E-state index < -0.39 is 5.63 Å². The first kappa shape index (κ1) is 21.8. The van der Waals surface area contributed by atoms with Crippen LogP contribution in [-0.4, -0.2) is 25.5 Å². The van der Waals surface area contributed by atoms with Crippen LogP contribution in [0.25, 0.3) is 16.7 Å². The molecular weight excluding hydrogens is 450 g/mol. The third-order valence-electron chi connectivity index (χ3n) is 5.43. The molecule has 0 atom stereocenters. The zero-order chi connectivity index (χ0) is 23.8. The van der Waals surface area contributed by atoms with Crippen LogP contribution in [0.5, 0.6) is 0 Å². The summed E-state index contributed by atoms with van der Waals surface area (Å²) in [5, 5.41) is 8.85. The molecule has 0 aliphatic rings. The minimum absolute atomic E-state index is 0.248. The number of aromatic nitrogens is 4. The second kappa shape index (κ2) is 8.75. The molecule has 0 fully saturated rings. The number of nitrogens with one attached hydrogen (secondary N) is 1.